The van der Waals surface area contributed by atoms with E-state index in [4.69, 9.17) is 0 Å². The van der Waals surface area contributed by atoms with Crippen molar-refractivity contribution in [3.05, 3.63) is 218 Å². The summed E-state index contributed by atoms with van der Waals surface area (Å²) in [6.45, 7) is 0. The zero-order chi connectivity index (χ0) is 40.9. The molecule has 0 bridgehead atoms. The van der Waals surface area contributed by atoms with Gasteiger partial charge < -0.3 is 9.47 Å². The summed E-state index contributed by atoms with van der Waals surface area (Å²) in [6.07, 6.45) is 0. The number of nitrogens with zero attached hydrogens (tertiary/aromatic N) is 2. The van der Waals surface area contributed by atoms with Crippen LogP contribution in [0.1, 0.15) is 0 Å². The fraction of sp³-hybridized carbons (Fsp3) is 0. The van der Waals surface area contributed by atoms with Crippen LogP contribution in [0, 0.1) is 5.82 Å². The van der Waals surface area contributed by atoms with Crippen molar-refractivity contribution in [3.63, 3.8) is 0 Å². The van der Waals surface area contributed by atoms with Gasteiger partial charge >= 0.3 is 0 Å². The van der Waals surface area contributed by atoms with E-state index in [1.54, 1.807) is 6.07 Å². The lowest BCUT2D eigenvalue weighted by Crippen LogP contribution is -2.10. The standard InChI is InChI=1S/C58H35FN2S/c59-54-18-10-17-45-47-25-21-38-31-39(22-26-44(38)46(47)28-29-48(45)54)60(42-32-37-13-4-5-14-43(37)52(34-42)36-11-2-1-3-12-36)41-23-27-50-49-15-6-8-19-55(49)61(56(50)35-41)40-24-30-58-53(33-40)51-16-7-9-20-57(51)62-58/h1-35H. The number of benzene rings is 11. The molecule has 0 aliphatic heterocycles. The molecule has 11 aromatic carbocycles. The highest BCUT2D eigenvalue weighted by Crippen LogP contribution is 2.45. The van der Waals surface area contributed by atoms with Crippen molar-refractivity contribution < 1.29 is 4.39 Å². The van der Waals surface area contributed by atoms with Crippen LogP contribution in [0.15, 0.2) is 212 Å². The average molecular weight is 811 g/mol. The normalized spacial score (nSPS) is 12.0. The molecule has 2 heterocycles. The van der Waals surface area contributed by atoms with Gasteiger partial charge in [0.15, 0.2) is 0 Å². The molecule has 2 nitrogen and oxygen atoms in total. The van der Waals surface area contributed by atoms with Gasteiger partial charge in [0.1, 0.15) is 5.82 Å². The predicted octanol–water partition coefficient (Wildman–Crippen LogP) is 17.0. The number of thiophene rings is 1. The number of hydrogen-bond acceptors (Lipinski definition) is 2. The average Bonchev–Trinajstić information content (AvgIpc) is 3.86. The first kappa shape index (κ1) is 35.0. The van der Waals surface area contributed by atoms with Crippen LogP contribution in [0.3, 0.4) is 0 Å². The Morgan fingerprint density at radius 2 is 0.968 bits per heavy atom. The Morgan fingerprint density at radius 3 is 1.87 bits per heavy atom. The molecule has 0 saturated carbocycles. The quantitative estimate of drug-likeness (QED) is 0.157. The summed E-state index contributed by atoms with van der Waals surface area (Å²) < 4.78 is 19.9. The van der Waals surface area contributed by atoms with Crippen molar-refractivity contribution >= 4 is 113 Å². The van der Waals surface area contributed by atoms with Gasteiger partial charge in [-0.2, -0.15) is 0 Å². The number of rotatable bonds is 5. The maximum Gasteiger partial charge on any atom is 0.131 e. The van der Waals surface area contributed by atoms with Crippen LogP contribution in [0.2, 0.25) is 0 Å². The first-order valence-corrected chi connectivity index (χ1v) is 21.8. The Hall–Kier alpha value is -7.79. The van der Waals surface area contributed by atoms with Crippen molar-refractivity contribution in [2.24, 2.45) is 0 Å². The lowest BCUT2D eigenvalue weighted by atomic mass is 9.95. The van der Waals surface area contributed by atoms with Crippen molar-refractivity contribution in [2.45, 2.75) is 0 Å². The molecule has 0 atom stereocenters. The number of halogens is 1. The topological polar surface area (TPSA) is 8.17 Å². The number of para-hydroxylation sites is 1. The molecule has 13 rings (SSSR count). The first-order valence-electron chi connectivity index (χ1n) is 21.0. The maximum absolute atomic E-state index is 14.9. The lowest BCUT2D eigenvalue weighted by molar-refractivity contribution is 0.640. The van der Waals surface area contributed by atoms with Crippen LogP contribution in [0.4, 0.5) is 21.5 Å². The Balaban J connectivity index is 1.07. The number of aromatic nitrogens is 1. The Bertz CT molecular complexity index is 3960. The summed E-state index contributed by atoms with van der Waals surface area (Å²) >= 11 is 1.85. The lowest BCUT2D eigenvalue weighted by Gasteiger charge is -2.27. The van der Waals surface area contributed by atoms with Crippen LogP contribution in [-0.4, -0.2) is 4.57 Å². The summed E-state index contributed by atoms with van der Waals surface area (Å²) in [5, 5.41) is 13.3. The molecule has 13 aromatic rings. The van der Waals surface area contributed by atoms with E-state index < -0.39 is 0 Å². The monoisotopic (exact) mass is 810 g/mol. The van der Waals surface area contributed by atoms with E-state index in [2.05, 4.69) is 198 Å². The van der Waals surface area contributed by atoms with Crippen molar-refractivity contribution in [1.82, 2.24) is 4.57 Å². The van der Waals surface area contributed by atoms with Gasteiger partial charge in [-0.05, 0) is 122 Å². The van der Waals surface area contributed by atoms with Crippen LogP contribution < -0.4 is 4.90 Å². The Labute approximate surface area is 360 Å². The van der Waals surface area contributed by atoms with Crippen molar-refractivity contribution in [1.29, 1.82) is 0 Å². The van der Waals surface area contributed by atoms with E-state index in [1.807, 2.05) is 23.5 Å². The van der Waals surface area contributed by atoms with E-state index in [1.165, 1.54) is 64.4 Å². The smallest absolute Gasteiger partial charge is 0.131 e. The second-order valence-electron chi connectivity index (χ2n) is 16.2. The van der Waals surface area contributed by atoms with E-state index in [-0.39, 0.29) is 5.82 Å². The highest BCUT2D eigenvalue weighted by atomic mass is 32.1. The number of hydrogen-bond donors (Lipinski definition) is 0. The zero-order valence-corrected chi connectivity index (χ0v) is 34.2. The van der Waals surface area contributed by atoms with E-state index in [0.717, 1.165) is 55.2 Å². The minimum Gasteiger partial charge on any atom is -0.310 e. The predicted molar refractivity (Wildman–Crippen MR) is 264 cm³/mol. The second kappa shape index (κ2) is 13.6. The maximum atomic E-state index is 14.9. The number of fused-ring (bicyclic) bond motifs is 12. The molecule has 290 valence electrons. The molecule has 0 unspecified atom stereocenters. The van der Waals surface area contributed by atoms with Crippen LogP contribution in [0.5, 0.6) is 0 Å². The largest absolute Gasteiger partial charge is 0.310 e. The zero-order valence-electron chi connectivity index (χ0n) is 33.4. The molecule has 0 amide bonds. The highest BCUT2D eigenvalue weighted by Gasteiger charge is 2.21. The Kier molecular flexibility index (Phi) is 7.69. The van der Waals surface area contributed by atoms with E-state index in [9.17, 15) is 4.39 Å². The van der Waals surface area contributed by atoms with Gasteiger partial charge in [-0.3, -0.25) is 0 Å². The van der Waals surface area contributed by atoms with Gasteiger partial charge in [0, 0.05) is 59.1 Å². The number of anilines is 3. The molecule has 0 aliphatic carbocycles. The van der Waals surface area contributed by atoms with E-state index in [0.29, 0.717) is 5.39 Å². The van der Waals surface area contributed by atoms with Crippen LogP contribution in [0.25, 0.3) is 102 Å². The van der Waals surface area contributed by atoms with Gasteiger partial charge in [-0.25, -0.2) is 4.39 Å². The van der Waals surface area contributed by atoms with Gasteiger partial charge in [0.2, 0.25) is 0 Å². The van der Waals surface area contributed by atoms with Crippen molar-refractivity contribution in [3.8, 4) is 16.8 Å². The summed E-state index contributed by atoms with van der Waals surface area (Å²) in [4.78, 5) is 2.41. The molecule has 0 saturated heterocycles. The third-order valence-electron chi connectivity index (χ3n) is 12.8. The fourth-order valence-electron chi connectivity index (χ4n) is 9.96. The van der Waals surface area contributed by atoms with Crippen molar-refractivity contribution in [2.75, 3.05) is 4.90 Å². The summed E-state index contributed by atoms with van der Waals surface area (Å²) in [6, 6.07) is 75.8. The van der Waals surface area contributed by atoms with Gasteiger partial charge in [0.25, 0.3) is 0 Å². The molecule has 0 fully saturated rings. The third-order valence-corrected chi connectivity index (χ3v) is 13.9. The molecular weight excluding hydrogens is 776 g/mol. The molecule has 2 aromatic heterocycles. The van der Waals surface area contributed by atoms with E-state index >= 15 is 0 Å². The molecule has 0 aliphatic rings. The minimum absolute atomic E-state index is 0.197. The third kappa shape index (κ3) is 5.33. The first-order chi connectivity index (χ1) is 30.6. The molecule has 0 radical (unpaired) electrons. The molecular formula is C58H35FN2S. The van der Waals surface area contributed by atoms with Crippen LogP contribution >= 0.6 is 11.3 Å². The molecule has 4 heteroatoms. The second-order valence-corrected chi connectivity index (χ2v) is 17.3. The van der Waals surface area contributed by atoms with Gasteiger partial charge in [0.05, 0.1) is 11.0 Å². The summed E-state index contributed by atoms with van der Waals surface area (Å²) in [7, 11) is 0. The SMILES string of the molecule is Fc1cccc2c1ccc1c3ccc(N(c4cc(-c5ccccc5)c5ccccc5c4)c4ccc5c6ccccc6n(-c6ccc7sc8ccccc8c7c6)c5c4)cc3ccc21. The minimum atomic E-state index is -0.197. The molecule has 62 heavy (non-hydrogen) atoms. The Morgan fingerprint density at radius 1 is 0.355 bits per heavy atom. The molecule has 0 N–H and O–H groups in total. The summed E-state index contributed by atoms with van der Waals surface area (Å²) in [5.41, 5.74) is 8.97. The fourth-order valence-corrected chi connectivity index (χ4v) is 11.0. The van der Waals surface area contributed by atoms with Gasteiger partial charge in [-0.15, -0.1) is 11.3 Å². The molecule has 0 spiro atoms. The summed E-state index contributed by atoms with van der Waals surface area (Å²) in [5.74, 6) is -0.197. The van der Waals surface area contributed by atoms with Crippen LogP contribution in [-0.2, 0) is 0 Å². The highest BCUT2D eigenvalue weighted by molar-refractivity contribution is 7.25. The van der Waals surface area contributed by atoms with Gasteiger partial charge in [-0.1, -0.05) is 140 Å².